The van der Waals surface area contributed by atoms with E-state index in [2.05, 4.69) is 5.32 Å². The Kier molecular flexibility index (Phi) is 4.76. The summed E-state index contributed by atoms with van der Waals surface area (Å²) in [4.78, 5) is 11.7. The Morgan fingerprint density at radius 3 is 2.33 bits per heavy atom. The maximum atomic E-state index is 11.7. The second-order valence-electron chi connectivity index (χ2n) is 4.17. The molecule has 0 atom stereocenters. The number of carbonyl (C=O) groups excluding carboxylic acids is 1. The fourth-order valence-corrected chi connectivity index (χ4v) is 1.53. The van der Waals surface area contributed by atoms with Gasteiger partial charge in [0.15, 0.2) is 0 Å². The van der Waals surface area contributed by atoms with Crippen LogP contribution >= 0.6 is 0 Å². The summed E-state index contributed by atoms with van der Waals surface area (Å²) in [6.45, 7) is 0.0306. The molecule has 108 valence electrons. The Morgan fingerprint density at radius 2 is 1.71 bits per heavy atom. The van der Waals surface area contributed by atoms with E-state index < -0.39 is 6.09 Å². The molecular weight excluding hydrogens is 270 g/mol. The Labute approximate surface area is 122 Å². The normalized spacial score (nSPS) is 9.71. The predicted octanol–water partition coefficient (Wildman–Crippen LogP) is 2.61. The highest BCUT2D eigenvalue weighted by Crippen LogP contribution is 2.16. The molecule has 2 aromatic carbocycles. The number of amides is 1. The molecule has 0 saturated carbocycles. The van der Waals surface area contributed by atoms with E-state index in [4.69, 9.17) is 20.6 Å². The van der Waals surface area contributed by atoms with Gasteiger partial charge in [0.1, 0.15) is 23.9 Å². The number of nitrogens with one attached hydrogen (secondary N) is 2. The maximum absolute atomic E-state index is 11.7. The molecule has 0 fully saturated rings. The van der Waals surface area contributed by atoms with Crippen molar-refractivity contribution in [3.05, 3.63) is 54.6 Å². The minimum atomic E-state index is -0.571. The highest BCUT2D eigenvalue weighted by Gasteiger charge is 2.05. The molecule has 0 radical (unpaired) electrons. The van der Waals surface area contributed by atoms with Crippen LogP contribution in [-0.2, 0) is 0 Å². The number of benzene rings is 2. The number of ether oxygens (including phenoxy) is 2. The van der Waals surface area contributed by atoms with Crippen LogP contribution in [0, 0.1) is 5.41 Å². The molecular formula is C15H15N3O3. The summed E-state index contributed by atoms with van der Waals surface area (Å²) in [6, 6.07) is 15.5. The molecule has 0 unspecified atom stereocenters. The van der Waals surface area contributed by atoms with E-state index >= 15 is 0 Å². The van der Waals surface area contributed by atoms with E-state index in [9.17, 15) is 4.79 Å². The number of rotatable bonds is 5. The third-order valence-corrected chi connectivity index (χ3v) is 2.45. The van der Waals surface area contributed by atoms with Gasteiger partial charge in [-0.25, -0.2) is 4.79 Å². The summed E-state index contributed by atoms with van der Waals surface area (Å²) in [7, 11) is 0. The standard InChI is InChI=1S/C15H15N3O3/c16-14(17)10-20-12-8-6-11(7-9-12)18-15(19)21-13-4-2-1-3-5-13/h1-9H,10H2,(H3,16,17)(H,18,19). The first-order chi connectivity index (χ1) is 10.1. The molecule has 0 saturated heterocycles. The first-order valence-corrected chi connectivity index (χ1v) is 6.23. The Bertz CT molecular complexity index is 612. The summed E-state index contributed by atoms with van der Waals surface area (Å²) in [6.07, 6.45) is -0.571. The van der Waals surface area contributed by atoms with Crippen molar-refractivity contribution in [2.24, 2.45) is 5.73 Å². The molecule has 0 aliphatic rings. The van der Waals surface area contributed by atoms with E-state index in [-0.39, 0.29) is 12.4 Å². The van der Waals surface area contributed by atoms with Crippen molar-refractivity contribution in [1.82, 2.24) is 0 Å². The zero-order valence-corrected chi connectivity index (χ0v) is 11.2. The molecule has 6 nitrogen and oxygen atoms in total. The van der Waals surface area contributed by atoms with Crippen LogP contribution in [0.15, 0.2) is 54.6 Å². The van der Waals surface area contributed by atoms with E-state index in [1.54, 1.807) is 48.5 Å². The number of carbonyl (C=O) groups is 1. The maximum Gasteiger partial charge on any atom is 0.417 e. The molecule has 0 aliphatic heterocycles. The van der Waals surface area contributed by atoms with Crippen molar-refractivity contribution < 1.29 is 14.3 Å². The van der Waals surface area contributed by atoms with Gasteiger partial charge in [-0.05, 0) is 36.4 Å². The molecule has 0 aromatic heterocycles. The summed E-state index contributed by atoms with van der Waals surface area (Å²) >= 11 is 0. The van der Waals surface area contributed by atoms with Crippen LogP contribution < -0.4 is 20.5 Å². The Hall–Kier alpha value is -3.02. The molecule has 2 aromatic rings. The molecule has 2 rings (SSSR count). The highest BCUT2D eigenvalue weighted by molar-refractivity contribution is 5.86. The number of para-hydroxylation sites is 1. The lowest BCUT2D eigenvalue weighted by atomic mass is 10.3. The van der Waals surface area contributed by atoms with Crippen molar-refractivity contribution in [3.8, 4) is 11.5 Å². The summed E-state index contributed by atoms with van der Waals surface area (Å²) in [5.74, 6) is 0.979. The van der Waals surface area contributed by atoms with Crippen molar-refractivity contribution in [3.63, 3.8) is 0 Å². The van der Waals surface area contributed by atoms with Crippen molar-refractivity contribution >= 4 is 17.6 Å². The van der Waals surface area contributed by atoms with E-state index in [1.165, 1.54) is 0 Å². The second-order valence-corrected chi connectivity index (χ2v) is 4.17. The Morgan fingerprint density at radius 1 is 1.05 bits per heavy atom. The first kappa shape index (κ1) is 14.4. The number of anilines is 1. The molecule has 0 spiro atoms. The topological polar surface area (TPSA) is 97.4 Å². The smallest absolute Gasteiger partial charge is 0.417 e. The molecule has 1 amide bonds. The zero-order valence-electron chi connectivity index (χ0n) is 11.2. The lowest BCUT2D eigenvalue weighted by Gasteiger charge is -2.08. The minimum absolute atomic E-state index is 0.0306. The SMILES string of the molecule is N=C(N)COc1ccc(NC(=O)Oc2ccccc2)cc1. The summed E-state index contributed by atoms with van der Waals surface area (Å²) < 4.78 is 10.3. The first-order valence-electron chi connectivity index (χ1n) is 6.23. The van der Waals surface area contributed by atoms with Crippen LogP contribution in [-0.4, -0.2) is 18.5 Å². The van der Waals surface area contributed by atoms with Crippen molar-refractivity contribution in [1.29, 1.82) is 5.41 Å². The number of nitrogens with two attached hydrogens (primary N) is 1. The van der Waals surface area contributed by atoms with E-state index in [0.29, 0.717) is 17.2 Å². The fourth-order valence-electron chi connectivity index (χ4n) is 1.53. The van der Waals surface area contributed by atoms with Crippen LogP contribution in [0.2, 0.25) is 0 Å². The van der Waals surface area contributed by atoms with E-state index in [0.717, 1.165) is 0 Å². The third kappa shape index (κ3) is 4.87. The van der Waals surface area contributed by atoms with Crippen LogP contribution in [0.25, 0.3) is 0 Å². The molecule has 21 heavy (non-hydrogen) atoms. The third-order valence-electron chi connectivity index (χ3n) is 2.45. The molecule has 0 heterocycles. The summed E-state index contributed by atoms with van der Waals surface area (Å²) in [5.41, 5.74) is 5.77. The monoisotopic (exact) mass is 285 g/mol. The largest absolute Gasteiger partial charge is 0.486 e. The van der Waals surface area contributed by atoms with Gasteiger partial charge in [-0.15, -0.1) is 0 Å². The van der Waals surface area contributed by atoms with Crippen LogP contribution in [0.5, 0.6) is 11.5 Å². The molecule has 0 bridgehead atoms. The van der Waals surface area contributed by atoms with Crippen molar-refractivity contribution in [2.45, 2.75) is 0 Å². The van der Waals surface area contributed by atoms with Gasteiger partial charge in [0.05, 0.1) is 0 Å². The minimum Gasteiger partial charge on any atom is -0.486 e. The van der Waals surface area contributed by atoms with Crippen LogP contribution in [0.1, 0.15) is 0 Å². The van der Waals surface area contributed by atoms with Gasteiger partial charge in [0.2, 0.25) is 0 Å². The fraction of sp³-hybridized carbons (Fsp3) is 0.0667. The highest BCUT2D eigenvalue weighted by atomic mass is 16.6. The average Bonchev–Trinajstić information content (AvgIpc) is 2.47. The second kappa shape index (κ2) is 6.95. The number of amidine groups is 1. The average molecular weight is 285 g/mol. The van der Waals surface area contributed by atoms with Crippen LogP contribution in [0.4, 0.5) is 10.5 Å². The molecule has 6 heteroatoms. The van der Waals surface area contributed by atoms with E-state index in [1.807, 2.05) is 6.07 Å². The summed E-state index contributed by atoms with van der Waals surface area (Å²) in [5, 5.41) is 9.66. The quantitative estimate of drug-likeness (QED) is 0.581. The number of hydrogen-bond donors (Lipinski definition) is 3. The van der Waals surface area contributed by atoms with Gasteiger partial charge in [-0.3, -0.25) is 10.7 Å². The van der Waals surface area contributed by atoms with Gasteiger partial charge in [0.25, 0.3) is 0 Å². The molecule has 4 N–H and O–H groups in total. The zero-order chi connectivity index (χ0) is 15.1. The predicted molar refractivity (Wildman–Crippen MR) is 79.9 cm³/mol. The van der Waals surface area contributed by atoms with Gasteiger partial charge in [0, 0.05) is 5.69 Å². The lowest BCUT2D eigenvalue weighted by molar-refractivity contribution is 0.215. The van der Waals surface area contributed by atoms with Gasteiger partial charge in [-0.2, -0.15) is 0 Å². The Balaban J connectivity index is 1.88. The molecule has 0 aliphatic carbocycles. The van der Waals surface area contributed by atoms with Gasteiger partial charge in [-0.1, -0.05) is 18.2 Å². The number of hydrogen-bond acceptors (Lipinski definition) is 4. The lowest BCUT2D eigenvalue weighted by Crippen LogP contribution is -2.19. The van der Waals surface area contributed by atoms with Crippen LogP contribution in [0.3, 0.4) is 0 Å². The van der Waals surface area contributed by atoms with Gasteiger partial charge >= 0.3 is 6.09 Å². The van der Waals surface area contributed by atoms with Gasteiger partial charge < -0.3 is 15.2 Å². The van der Waals surface area contributed by atoms with Crippen molar-refractivity contribution in [2.75, 3.05) is 11.9 Å².